The maximum absolute atomic E-state index is 12.7. The molecule has 0 saturated heterocycles. The van der Waals surface area contributed by atoms with Crippen LogP contribution in [-0.4, -0.2) is 16.1 Å². The van der Waals surface area contributed by atoms with Gasteiger partial charge in [-0.3, -0.25) is 4.79 Å². The van der Waals surface area contributed by atoms with Crippen molar-refractivity contribution >= 4 is 5.97 Å². The lowest BCUT2D eigenvalue weighted by Crippen LogP contribution is -2.22. The number of hydrogen-bond donors (Lipinski definition) is 2. The number of halogens is 1. The highest BCUT2D eigenvalue weighted by molar-refractivity contribution is 5.75. The molecule has 0 aromatic carbocycles. The molecule has 5 heteroatoms. The smallest absolute Gasteiger partial charge is 0.325 e. The number of pyridine rings is 1. The van der Waals surface area contributed by atoms with E-state index in [4.69, 9.17) is 10.8 Å². The molecule has 0 spiro atoms. The molecule has 1 atom stereocenters. The molecular formula is C7H7FN2O2. The van der Waals surface area contributed by atoms with E-state index in [9.17, 15) is 9.18 Å². The van der Waals surface area contributed by atoms with Crippen molar-refractivity contribution in [2.45, 2.75) is 6.04 Å². The number of rotatable bonds is 2. The third-order valence-corrected chi connectivity index (χ3v) is 1.39. The second-order valence-electron chi connectivity index (χ2n) is 2.20. The van der Waals surface area contributed by atoms with Gasteiger partial charge in [-0.05, 0) is 6.07 Å². The summed E-state index contributed by atoms with van der Waals surface area (Å²) >= 11 is 0. The van der Waals surface area contributed by atoms with Crippen molar-refractivity contribution in [3.05, 3.63) is 29.8 Å². The van der Waals surface area contributed by atoms with Crippen LogP contribution in [0.15, 0.2) is 18.3 Å². The summed E-state index contributed by atoms with van der Waals surface area (Å²) in [6.07, 6.45) is 1.23. The van der Waals surface area contributed by atoms with Crippen LogP contribution >= 0.6 is 0 Å². The summed E-state index contributed by atoms with van der Waals surface area (Å²) in [6.45, 7) is 0. The minimum atomic E-state index is -1.35. The summed E-state index contributed by atoms with van der Waals surface area (Å²) in [7, 11) is 0. The molecule has 1 aromatic rings. The topological polar surface area (TPSA) is 76.2 Å². The average molecular weight is 170 g/mol. The second kappa shape index (κ2) is 3.27. The van der Waals surface area contributed by atoms with Crippen LogP contribution in [0.25, 0.3) is 0 Å². The normalized spacial score (nSPS) is 12.5. The molecule has 0 saturated carbocycles. The number of carboxylic acids is 1. The lowest BCUT2D eigenvalue weighted by molar-refractivity contribution is -0.138. The van der Waals surface area contributed by atoms with E-state index in [2.05, 4.69) is 4.98 Å². The fourth-order valence-corrected chi connectivity index (χ4v) is 0.763. The number of aliphatic carboxylic acids is 1. The Kier molecular flexibility index (Phi) is 2.35. The van der Waals surface area contributed by atoms with Crippen LogP contribution in [0.5, 0.6) is 0 Å². The molecule has 12 heavy (non-hydrogen) atoms. The Morgan fingerprint density at radius 1 is 1.75 bits per heavy atom. The highest BCUT2D eigenvalue weighted by Crippen LogP contribution is 2.11. The molecule has 64 valence electrons. The Morgan fingerprint density at radius 2 is 2.42 bits per heavy atom. The van der Waals surface area contributed by atoms with Gasteiger partial charge >= 0.3 is 5.97 Å². The minimum Gasteiger partial charge on any atom is -0.480 e. The third kappa shape index (κ3) is 1.57. The van der Waals surface area contributed by atoms with Crippen LogP contribution in [0.1, 0.15) is 11.6 Å². The quantitative estimate of drug-likeness (QED) is 0.626. The van der Waals surface area contributed by atoms with Crippen molar-refractivity contribution < 1.29 is 14.3 Å². The van der Waals surface area contributed by atoms with E-state index >= 15 is 0 Å². The van der Waals surface area contributed by atoms with Gasteiger partial charge in [0, 0.05) is 11.8 Å². The highest BCUT2D eigenvalue weighted by Gasteiger charge is 2.18. The fraction of sp³-hybridized carbons (Fsp3) is 0.143. The maximum Gasteiger partial charge on any atom is 0.325 e. The Morgan fingerprint density at radius 3 is 2.92 bits per heavy atom. The van der Waals surface area contributed by atoms with Gasteiger partial charge in [-0.2, -0.15) is 4.39 Å². The van der Waals surface area contributed by atoms with Crippen LogP contribution in [-0.2, 0) is 4.79 Å². The molecule has 0 amide bonds. The minimum absolute atomic E-state index is 0.106. The first-order valence-corrected chi connectivity index (χ1v) is 3.21. The molecule has 0 bridgehead atoms. The van der Waals surface area contributed by atoms with E-state index in [1.165, 1.54) is 18.3 Å². The van der Waals surface area contributed by atoms with Gasteiger partial charge < -0.3 is 10.8 Å². The third-order valence-electron chi connectivity index (χ3n) is 1.39. The summed E-state index contributed by atoms with van der Waals surface area (Å²) < 4.78 is 12.7. The first-order valence-electron chi connectivity index (χ1n) is 3.21. The summed E-state index contributed by atoms with van der Waals surface area (Å²) in [5.41, 5.74) is 5.05. The van der Waals surface area contributed by atoms with E-state index in [-0.39, 0.29) is 5.56 Å². The molecule has 0 radical (unpaired) electrons. The maximum atomic E-state index is 12.7. The Hall–Kier alpha value is -1.49. The molecule has 0 aliphatic carbocycles. The van der Waals surface area contributed by atoms with Crippen LogP contribution in [0.3, 0.4) is 0 Å². The number of hydrogen-bond acceptors (Lipinski definition) is 3. The van der Waals surface area contributed by atoms with Gasteiger partial charge in [0.2, 0.25) is 5.95 Å². The van der Waals surface area contributed by atoms with Gasteiger partial charge in [0.25, 0.3) is 0 Å². The zero-order valence-electron chi connectivity index (χ0n) is 6.07. The Balaban J connectivity index is 3.02. The van der Waals surface area contributed by atoms with Crippen molar-refractivity contribution in [1.29, 1.82) is 0 Å². The van der Waals surface area contributed by atoms with Crippen LogP contribution in [0.2, 0.25) is 0 Å². The van der Waals surface area contributed by atoms with E-state index in [1.54, 1.807) is 0 Å². The van der Waals surface area contributed by atoms with Gasteiger partial charge in [-0.15, -0.1) is 0 Å². The average Bonchev–Trinajstić information content (AvgIpc) is 2.04. The van der Waals surface area contributed by atoms with Gasteiger partial charge in [-0.1, -0.05) is 6.07 Å². The predicted molar refractivity (Wildman–Crippen MR) is 38.8 cm³/mol. The lowest BCUT2D eigenvalue weighted by atomic mass is 10.1. The predicted octanol–water partition coefficient (Wildman–Crippen LogP) is 0.305. The van der Waals surface area contributed by atoms with Crippen LogP contribution in [0, 0.1) is 5.95 Å². The monoisotopic (exact) mass is 170 g/mol. The standard InChI is InChI=1S/C7H7FN2O2/c8-6-4(2-1-3-10-6)5(9)7(11)12/h1-3,5H,9H2,(H,11,12). The molecule has 0 aliphatic heterocycles. The summed E-state index contributed by atoms with van der Waals surface area (Å²) in [4.78, 5) is 13.6. The van der Waals surface area contributed by atoms with E-state index in [0.717, 1.165) is 0 Å². The SMILES string of the molecule is NC(C(=O)O)c1cccnc1F. The lowest BCUT2D eigenvalue weighted by Gasteiger charge is -2.05. The van der Waals surface area contributed by atoms with Crippen molar-refractivity contribution in [1.82, 2.24) is 4.98 Å². The fourth-order valence-electron chi connectivity index (χ4n) is 0.763. The van der Waals surface area contributed by atoms with Crippen LogP contribution < -0.4 is 5.73 Å². The van der Waals surface area contributed by atoms with E-state index in [1.807, 2.05) is 0 Å². The Bertz CT molecular complexity index is 303. The second-order valence-corrected chi connectivity index (χ2v) is 2.20. The first-order chi connectivity index (χ1) is 5.63. The van der Waals surface area contributed by atoms with E-state index < -0.39 is 18.0 Å². The molecule has 1 heterocycles. The largest absolute Gasteiger partial charge is 0.480 e. The summed E-state index contributed by atoms with van der Waals surface area (Å²) in [5, 5.41) is 8.44. The Labute approximate surface area is 67.8 Å². The molecule has 4 nitrogen and oxygen atoms in total. The van der Waals surface area contributed by atoms with Crippen molar-refractivity contribution in [2.24, 2.45) is 5.73 Å². The molecule has 0 aliphatic rings. The number of aromatic nitrogens is 1. The van der Waals surface area contributed by atoms with Crippen LogP contribution in [0.4, 0.5) is 4.39 Å². The van der Waals surface area contributed by atoms with Gasteiger partial charge in [0.1, 0.15) is 6.04 Å². The molecule has 1 unspecified atom stereocenters. The molecule has 0 fully saturated rings. The number of carbonyl (C=O) groups is 1. The van der Waals surface area contributed by atoms with Gasteiger partial charge in [-0.25, -0.2) is 4.98 Å². The van der Waals surface area contributed by atoms with Gasteiger partial charge in [0.05, 0.1) is 0 Å². The van der Waals surface area contributed by atoms with Crippen molar-refractivity contribution in [2.75, 3.05) is 0 Å². The molecule has 1 aromatic heterocycles. The zero-order chi connectivity index (χ0) is 9.14. The molecule has 3 N–H and O–H groups in total. The summed E-state index contributed by atoms with van der Waals surface area (Å²) in [5.74, 6) is -2.12. The van der Waals surface area contributed by atoms with Crippen molar-refractivity contribution in [3.8, 4) is 0 Å². The van der Waals surface area contributed by atoms with Crippen molar-refractivity contribution in [3.63, 3.8) is 0 Å². The first kappa shape index (κ1) is 8.61. The van der Waals surface area contributed by atoms with Gasteiger partial charge in [0.15, 0.2) is 0 Å². The molecular weight excluding hydrogens is 163 g/mol. The number of nitrogens with two attached hydrogens (primary N) is 1. The summed E-state index contributed by atoms with van der Waals surface area (Å²) in [6, 6.07) is 1.38. The zero-order valence-corrected chi connectivity index (χ0v) is 6.07. The molecule has 1 rings (SSSR count). The number of carboxylic acid groups (broad SMARTS) is 1. The van der Waals surface area contributed by atoms with E-state index in [0.29, 0.717) is 0 Å². The highest BCUT2D eigenvalue weighted by atomic mass is 19.1. The number of nitrogens with zero attached hydrogens (tertiary/aromatic N) is 1.